The second-order valence-corrected chi connectivity index (χ2v) is 1.00. The summed E-state index contributed by atoms with van der Waals surface area (Å²) in [5, 5.41) is 5.50. The van der Waals surface area contributed by atoms with E-state index in [0.29, 0.717) is 0 Å². The molecule has 0 aliphatic heterocycles. The van der Waals surface area contributed by atoms with Crippen molar-refractivity contribution in [3.8, 4) is 0 Å². The molecule has 0 amide bonds. The fourth-order valence-corrected chi connectivity index (χ4v) is 0. The summed E-state index contributed by atoms with van der Waals surface area (Å²) in [6.45, 7) is 0. The fourth-order valence-electron chi connectivity index (χ4n) is 0. The number of rotatable bonds is 0. The molecule has 0 aromatic heterocycles. The molecule has 0 bridgehead atoms. The molecule has 0 unspecified atom stereocenters. The van der Waals surface area contributed by atoms with Crippen LogP contribution in [0.25, 0.3) is 0 Å². The van der Waals surface area contributed by atoms with E-state index in [0.717, 1.165) is 0 Å². The van der Waals surface area contributed by atoms with Crippen LogP contribution in [0.2, 0.25) is 0 Å². The van der Waals surface area contributed by atoms with Crippen molar-refractivity contribution in [2.45, 2.75) is 0 Å². The lowest BCUT2D eigenvalue weighted by Gasteiger charge is -1.59. The average molecular weight is 208 g/mol. The van der Waals surface area contributed by atoms with Gasteiger partial charge in [0.2, 0.25) is 0 Å². The molecule has 0 heterocycles. The average Bonchev–Trinajstić information content (AvgIpc) is 1.39. The Bertz CT molecular complexity index is 16.0. The van der Waals surface area contributed by atoms with Crippen molar-refractivity contribution in [2.24, 2.45) is 0 Å². The van der Waals surface area contributed by atoms with Crippen molar-refractivity contribution in [3.63, 3.8) is 0 Å². The Hall–Kier alpha value is 0.690. The Kier molecular flexibility index (Phi) is 139. The van der Waals surface area contributed by atoms with Gasteiger partial charge in [0.05, 0.1) is 0 Å². The fraction of sp³-hybridized carbons (Fsp3) is 1.00. The van der Waals surface area contributed by atoms with Crippen LogP contribution in [0.3, 0.4) is 0 Å². The molecule has 4 heteroatoms. The summed E-state index contributed by atoms with van der Waals surface area (Å²) >= 11 is 0. The Morgan fingerprint density at radius 3 is 0.750 bits per heavy atom. The van der Waals surface area contributed by atoms with Gasteiger partial charge in [0.1, 0.15) is 0 Å². The van der Waals surface area contributed by atoms with E-state index in [-0.39, 0.29) is 29.4 Å². The molecule has 2 nitrogen and oxygen atoms in total. The molecule has 0 atom stereocenters. The minimum absolute atomic E-state index is 0. The Morgan fingerprint density at radius 1 is 0.750 bits per heavy atom. The predicted molar refractivity (Wildman–Crippen MR) is 47.5 cm³/mol. The highest BCUT2D eigenvalue weighted by molar-refractivity contribution is 8.93. The maximum atomic E-state index is 2.75. The topological polar surface area (TPSA) is 24.1 Å². The quantitative estimate of drug-likeness (QED) is 0.610. The Balaban J connectivity index is -0.0000000160. The summed E-state index contributed by atoms with van der Waals surface area (Å²) in [5.74, 6) is 0. The van der Waals surface area contributed by atoms with Crippen LogP contribution in [-0.4, -0.2) is 28.2 Å². The highest BCUT2D eigenvalue weighted by Gasteiger charge is 1.26. The van der Waals surface area contributed by atoms with Crippen LogP contribution in [-0.2, 0) is 0 Å². The Labute approximate surface area is 68.6 Å². The summed E-state index contributed by atoms with van der Waals surface area (Å²) in [6, 6.07) is 0. The van der Waals surface area contributed by atoms with Crippen molar-refractivity contribution < 1.29 is 0 Å². The summed E-state index contributed by atoms with van der Waals surface area (Å²) in [5.41, 5.74) is 0. The third-order valence-corrected chi connectivity index (χ3v) is 0. The monoisotopic (exact) mass is 206 g/mol. The normalized spacial score (nSPS) is 4.50. The van der Waals surface area contributed by atoms with Crippen molar-refractivity contribution >= 4 is 29.4 Å². The highest BCUT2D eigenvalue weighted by atomic mass is 79.9. The SMILES string of the molecule is Br.CNC.CNC.Cl. The smallest absolute Gasteiger partial charge is 0.0167 e. The molecule has 0 rings (SSSR count). The molecule has 0 aliphatic rings. The predicted octanol–water partition coefficient (Wildman–Crippen LogP) is 0.671. The largest absolute Gasteiger partial charge is 0.323 e. The van der Waals surface area contributed by atoms with Gasteiger partial charge in [-0.2, -0.15) is 0 Å². The van der Waals surface area contributed by atoms with Crippen LogP contribution < -0.4 is 10.6 Å². The van der Waals surface area contributed by atoms with Crippen LogP contribution in [0, 0.1) is 0 Å². The van der Waals surface area contributed by atoms with Crippen LogP contribution >= 0.6 is 29.4 Å². The van der Waals surface area contributed by atoms with E-state index < -0.39 is 0 Å². The van der Waals surface area contributed by atoms with E-state index in [9.17, 15) is 0 Å². The first kappa shape index (κ1) is 23.4. The van der Waals surface area contributed by atoms with Gasteiger partial charge in [0.15, 0.2) is 0 Å². The minimum atomic E-state index is 0. The van der Waals surface area contributed by atoms with Crippen LogP contribution in [0.15, 0.2) is 0 Å². The molecule has 0 aliphatic carbocycles. The van der Waals surface area contributed by atoms with Crippen molar-refractivity contribution in [1.82, 2.24) is 10.6 Å². The second kappa shape index (κ2) is 47.6. The molecule has 0 saturated carbocycles. The zero-order valence-electron chi connectivity index (χ0n) is 5.82. The molecule has 2 N–H and O–H groups in total. The molecule has 0 radical (unpaired) electrons. The summed E-state index contributed by atoms with van der Waals surface area (Å²) in [6.07, 6.45) is 0. The summed E-state index contributed by atoms with van der Waals surface area (Å²) in [7, 11) is 7.50. The lowest BCUT2D eigenvalue weighted by Crippen LogP contribution is -1.89. The van der Waals surface area contributed by atoms with Crippen LogP contribution in [0.4, 0.5) is 0 Å². The summed E-state index contributed by atoms with van der Waals surface area (Å²) in [4.78, 5) is 0. The second-order valence-electron chi connectivity index (χ2n) is 1.00. The van der Waals surface area contributed by atoms with Crippen LogP contribution in [0.1, 0.15) is 0 Å². The summed E-state index contributed by atoms with van der Waals surface area (Å²) < 4.78 is 0. The molecule has 56 valence electrons. The standard InChI is InChI=1S/2C2H7N.BrH.ClH/c2*1-3-2;;/h2*3H,1-2H3;2*1H. The zero-order valence-corrected chi connectivity index (χ0v) is 8.35. The van der Waals surface area contributed by atoms with Crippen molar-refractivity contribution in [2.75, 3.05) is 28.2 Å². The molecular formula is C4H16BrClN2. The number of hydrogen-bond donors (Lipinski definition) is 2. The molecule has 0 saturated heterocycles. The molecule has 0 aromatic carbocycles. The van der Waals surface area contributed by atoms with E-state index in [4.69, 9.17) is 0 Å². The number of hydrogen-bond acceptors (Lipinski definition) is 2. The van der Waals surface area contributed by atoms with Gasteiger partial charge in [-0.3, -0.25) is 0 Å². The lowest BCUT2D eigenvalue weighted by atomic mass is 11.3. The molecule has 0 fully saturated rings. The first-order valence-corrected chi connectivity index (χ1v) is 2.00. The highest BCUT2D eigenvalue weighted by Crippen LogP contribution is 0.984. The number of halogens is 2. The van der Waals surface area contributed by atoms with E-state index in [1.54, 1.807) is 0 Å². The zero-order chi connectivity index (χ0) is 5.41. The maximum Gasteiger partial charge on any atom is -0.0167 e. The lowest BCUT2D eigenvalue weighted by molar-refractivity contribution is 1.02. The number of nitrogens with one attached hydrogen (secondary N) is 2. The minimum Gasteiger partial charge on any atom is -0.323 e. The molecule has 0 spiro atoms. The van der Waals surface area contributed by atoms with Gasteiger partial charge in [0, 0.05) is 0 Å². The third-order valence-electron chi connectivity index (χ3n) is 0. The van der Waals surface area contributed by atoms with E-state index in [1.807, 2.05) is 28.2 Å². The first-order valence-electron chi connectivity index (χ1n) is 2.00. The van der Waals surface area contributed by atoms with E-state index in [2.05, 4.69) is 10.6 Å². The molecular weight excluding hydrogens is 191 g/mol. The van der Waals surface area contributed by atoms with Crippen molar-refractivity contribution in [3.05, 3.63) is 0 Å². The van der Waals surface area contributed by atoms with Crippen molar-refractivity contribution in [1.29, 1.82) is 0 Å². The van der Waals surface area contributed by atoms with Gasteiger partial charge in [-0.05, 0) is 28.2 Å². The van der Waals surface area contributed by atoms with Gasteiger partial charge >= 0.3 is 0 Å². The molecule has 8 heavy (non-hydrogen) atoms. The van der Waals surface area contributed by atoms with Crippen LogP contribution in [0.5, 0.6) is 0 Å². The van der Waals surface area contributed by atoms with E-state index in [1.165, 1.54) is 0 Å². The third kappa shape index (κ3) is 455. The molecule has 0 aromatic rings. The Morgan fingerprint density at radius 2 is 0.750 bits per heavy atom. The van der Waals surface area contributed by atoms with Gasteiger partial charge < -0.3 is 10.6 Å². The van der Waals surface area contributed by atoms with Gasteiger partial charge in [0.25, 0.3) is 0 Å². The van der Waals surface area contributed by atoms with Gasteiger partial charge in [-0.15, -0.1) is 29.4 Å². The van der Waals surface area contributed by atoms with Gasteiger partial charge in [-0.25, -0.2) is 0 Å². The van der Waals surface area contributed by atoms with E-state index >= 15 is 0 Å². The van der Waals surface area contributed by atoms with Gasteiger partial charge in [-0.1, -0.05) is 0 Å². The first-order chi connectivity index (χ1) is 2.83. The maximum absolute atomic E-state index is 2.75.